The van der Waals surface area contributed by atoms with Gasteiger partial charge in [-0.15, -0.1) is 0 Å². The van der Waals surface area contributed by atoms with E-state index in [-0.39, 0.29) is 4.75 Å². The molecule has 0 fully saturated rings. The maximum atomic E-state index is 6.03. The van der Waals surface area contributed by atoms with Crippen molar-refractivity contribution < 1.29 is 0 Å². The minimum absolute atomic E-state index is 0.288. The van der Waals surface area contributed by atoms with Crippen molar-refractivity contribution in [3.8, 4) is 0 Å². The summed E-state index contributed by atoms with van der Waals surface area (Å²) in [6, 6.07) is 5.98. The first kappa shape index (κ1) is 15.0. The lowest BCUT2D eigenvalue weighted by Gasteiger charge is -2.30. The minimum atomic E-state index is 0.288. The van der Waals surface area contributed by atoms with Crippen LogP contribution in [0.3, 0.4) is 0 Å². The van der Waals surface area contributed by atoms with E-state index in [2.05, 4.69) is 36.5 Å². The number of nitrogens with one attached hydrogen (secondary N) is 1. The number of hydrogen-bond acceptors (Lipinski definition) is 4. The molecule has 2 rings (SSSR count). The zero-order valence-corrected chi connectivity index (χ0v) is 13.3. The largest absolute Gasteiger partial charge is 0.398 e. The SMILES string of the molecule is CCC(CC)(CNc1ccc(N)c2ccncc12)SC. The van der Waals surface area contributed by atoms with E-state index in [4.69, 9.17) is 5.73 Å². The van der Waals surface area contributed by atoms with E-state index >= 15 is 0 Å². The van der Waals surface area contributed by atoms with Gasteiger partial charge in [-0.3, -0.25) is 4.98 Å². The first-order valence-electron chi connectivity index (χ1n) is 7.07. The molecule has 1 aromatic carbocycles. The van der Waals surface area contributed by atoms with Crippen LogP contribution in [0.1, 0.15) is 26.7 Å². The predicted molar refractivity (Wildman–Crippen MR) is 91.5 cm³/mol. The number of rotatable bonds is 6. The average molecular weight is 289 g/mol. The summed E-state index contributed by atoms with van der Waals surface area (Å²) in [4.78, 5) is 4.22. The number of hydrogen-bond donors (Lipinski definition) is 2. The van der Waals surface area contributed by atoms with Crippen LogP contribution < -0.4 is 11.1 Å². The zero-order chi connectivity index (χ0) is 14.6. The summed E-state index contributed by atoms with van der Waals surface area (Å²) in [6.45, 7) is 5.46. The lowest BCUT2D eigenvalue weighted by Crippen LogP contribution is -2.32. The van der Waals surface area contributed by atoms with Crippen molar-refractivity contribution in [1.82, 2.24) is 4.98 Å². The van der Waals surface area contributed by atoms with Gasteiger partial charge in [-0.05, 0) is 37.3 Å². The molecule has 3 nitrogen and oxygen atoms in total. The van der Waals surface area contributed by atoms with E-state index in [1.807, 2.05) is 30.1 Å². The molecule has 1 aromatic heterocycles. The molecule has 0 aliphatic carbocycles. The van der Waals surface area contributed by atoms with Crippen LogP contribution >= 0.6 is 11.8 Å². The molecule has 4 heteroatoms. The lowest BCUT2D eigenvalue weighted by molar-refractivity contribution is 0.575. The van der Waals surface area contributed by atoms with Crippen LogP contribution in [0.4, 0.5) is 11.4 Å². The average Bonchev–Trinajstić information content (AvgIpc) is 2.51. The van der Waals surface area contributed by atoms with Gasteiger partial charge in [-0.2, -0.15) is 11.8 Å². The molecule has 1 heterocycles. The Morgan fingerprint density at radius 2 is 1.95 bits per heavy atom. The highest BCUT2D eigenvalue weighted by atomic mass is 32.2. The van der Waals surface area contributed by atoms with Gasteiger partial charge in [0.25, 0.3) is 0 Å². The fourth-order valence-corrected chi connectivity index (χ4v) is 3.28. The van der Waals surface area contributed by atoms with Crippen molar-refractivity contribution in [2.75, 3.05) is 23.9 Å². The second-order valence-electron chi connectivity index (χ2n) is 5.07. The third-order valence-electron chi connectivity index (χ3n) is 4.17. The lowest BCUT2D eigenvalue weighted by atomic mass is 10.0. The monoisotopic (exact) mass is 289 g/mol. The molecule has 0 unspecified atom stereocenters. The number of thioether (sulfide) groups is 1. The molecule has 0 saturated carbocycles. The third-order valence-corrected chi connectivity index (χ3v) is 5.76. The molecular formula is C16H23N3S. The predicted octanol–water partition coefficient (Wildman–Crippen LogP) is 4.15. The number of nitrogens with zero attached hydrogens (tertiary/aromatic N) is 1. The molecule has 0 spiro atoms. The first-order chi connectivity index (χ1) is 9.65. The Hall–Kier alpha value is -1.42. The molecule has 2 aromatic rings. The van der Waals surface area contributed by atoms with Crippen molar-refractivity contribution in [3.05, 3.63) is 30.6 Å². The number of nitrogen functional groups attached to an aromatic ring is 1. The summed E-state index contributed by atoms with van der Waals surface area (Å²) in [7, 11) is 0. The Bertz CT molecular complexity index is 571. The maximum absolute atomic E-state index is 6.03. The molecule has 20 heavy (non-hydrogen) atoms. The second-order valence-corrected chi connectivity index (χ2v) is 6.35. The number of pyridine rings is 1. The summed E-state index contributed by atoms with van der Waals surface area (Å²) in [5.74, 6) is 0. The van der Waals surface area contributed by atoms with Crippen LogP contribution in [-0.2, 0) is 0 Å². The van der Waals surface area contributed by atoms with Crippen LogP contribution in [0, 0.1) is 0 Å². The van der Waals surface area contributed by atoms with Crippen LogP contribution in [0.2, 0.25) is 0 Å². The van der Waals surface area contributed by atoms with Gasteiger partial charge >= 0.3 is 0 Å². The van der Waals surface area contributed by atoms with E-state index in [0.29, 0.717) is 0 Å². The Labute approximate surface area is 125 Å². The highest BCUT2D eigenvalue weighted by Gasteiger charge is 2.24. The normalized spacial score (nSPS) is 11.8. The molecule has 0 saturated heterocycles. The van der Waals surface area contributed by atoms with Gasteiger partial charge in [0.1, 0.15) is 0 Å². The molecular weight excluding hydrogens is 266 g/mol. The van der Waals surface area contributed by atoms with Crippen LogP contribution in [-0.4, -0.2) is 22.5 Å². The summed E-state index contributed by atoms with van der Waals surface area (Å²) >= 11 is 1.94. The van der Waals surface area contributed by atoms with Crippen molar-refractivity contribution in [2.24, 2.45) is 0 Å². The fraction of sp³-hybridized carbons (Fsp3) is 0.438. The molecule has 0 bridgehead atoms. The molecule has 0 amide bonds. The van der Waals surface area contributed by atoms with E-state index < -0.39 is 0 Å². The second kappa shape index (κ2) is 6.35. The van der Waals surface area contributed by atoms with Crippen LogP contribution in [0.15, 0.2) is 30.6 Å². The Balaban J connectivity index is 2.29. The summed E-state index contributed by atoms with van der Waals surface area (Å²) in [6.07, 6.45) is 8.17. The van der Waals surface area contributed by atoms with E-state index in [1.54, 1.807) is 6.20 Å². The Morgan fingerprint density at radius 1 is 1.20 bits per heavy atom. The number of fused-ring (bicyclic) bond motifs is 1. The van der Waals surface area contributed by atoms with E-state index in [9.17, 15) is 0 Å². The van der Waals surface area contributed by atoms with Gasteiger partial charge in [0, 0.05) is 45.8 Å². The first-order valence-corrected chi connectivity index (χ1v) is 8.29. The van der Waals surface area contributed by atoms with Crippen LogP contribution in [0.25, 0.3) is 10.8 Å². The quantitative estimate of drug-likeness (QED) is 0.784. The summed E-state index contributed by atoms with van der Waals surface area (Å²) in [5, 5.41) is 5.75. The Morgan fingerprint density at radius 3 is 2.60 bits per heavy atom. The zero-order valence-electron chi connectivity index (χ0n) is 12.4. The van der Waals surface area contributed by atoms with Crippen molar-refractivity contribution in [1.29, 1.82) is 0 Å². The topological polar surface area (TPSA) is 50.9 Å². The molecule has 3 N–H and O–H groups in total. The summed E-state index contributed by atoms with van der Waals surface area (Å²) in [5.41, 5.74) is 7.94. The highest BCUT2D eigenvalue weighted by Crippen LogP contribution is 2.33. The van der Waals surface area contributed by atoms with Crippen molar-refractivity contribution >= 4 is 33.9 Å². The maximum Gasteiger partial charge on any atom is 0.0437 e. The summed E-state index contributed by atoms with van der Waals surface area (Å²) < 4.78 is 0.288. The number of benzene rings is 1. The molecule has 0 radical (unpaired) electrons. The smallest absolute Gasteiger partial charge is 0.0437 e. The van der Waals surface area contributed by atoms with Crippen molar-refractivity contribution in [2.45, 2.75) is 31.4 Å². The standard InChI is InChI=1S/C16H23N3S/c1-4-16(5-2,20-3)11-19-15-7-6-14(17)12-8-9-18-10-13(12)15/h6-10,19H,4-5,11,17H2,1-3H3. The minimum Gasteiger partial charge on any atom is -0.398 e. The Kier molecular flexibility index (Phi) is 4.76. The molecule has 0 aliphatic heterocycles. The van der Waals surface area contributed by atoms with Gasteiger partial charge in [0.15, 0.2) is 0 Å². The fourth-order valence-electron chi connectivity index (χ4n) is 2.48. The van der Waals surface area contributed by atoms with Crippen molar-refractivity contribution in [3.63, 3.8) is 0 Å². The number of nitrogens with two attached hydrogens (primary N) is 1. The number of anilines is 2. The molecule has 108 valence electrons. The molecule has 0 atom stereocenters. The van der Waals surface area contributed by atoms with Gasteiger partial charge in [-0.25, -0.2) is 0 Å². The van der Waals surface area contributed by atoms with Gasteiger partial charge in [-0.1, -0.05) is 13.8 Å². The van der Waals surface area contributed by atoms with Gasteiger partial charge in [0.2, 0.25) is 0 Å². The van der Waals surface area contributed by atoms with Gasteiger partial charge < -0.3 is 11.1 Å². The molecule has 0 aliphatic rings. The van der Waals surface area contributed by atoms with E-state index in [1.165, 1.54) is 0 Å². The van der Waals surface area contributed by atoms with Gasteiger partial charge in [0.05, 0.1) is 0 Å². The van der Waals surface area contributed by atoms with Crippen LogP contribution in [0.5, 0.6) is 0 Å². The third kappa shape index (κ3) is 2.85. The van der Waals surface area contributed by atoms with E-state index in [0.717, 1.165) is 41.5 Å². The number of aromatic nitrogens is 1. The highest BCUT2D eigenvalue weighted by molar-refractivity contribution is 8.00.